The molecule has 0 atom stereocenters. The predicted octanol–water partition coefficient (Wildman–Crippen LogP) is 2.83. The molecule has 2 rings (SSSR count). The van der Waals surface area contributed by atoms with Crippen LogP contribution in [0.4, 0.5) is 0 Å². The van der Waals surface area contributed by atoms with Crippen molar-refractivity contribution in [3.8, 4) is 0 Å². The molecule has 0 saturated heterocycles. The van der Waals surface area contributed by atoms with Crippen LogP contribution in [0.3, 0.4) is 0 Å². The molecule has 0 fully saturated rings. The number of nitrogens with zero attached hydrogens (tertiary/aromatic N) is 1. The fourth-order valence-corrected chi connectivity index (χ4v) is 2.32. The molecule has 0 saturated carbocycles. The molecular weight excluding hydrogens is 212 g/mol. The van der Waals surface area contributed by atoms with Crippen molar-refractivity contribution in [2.24, 2.45) is 5.73 Å². The zero-order valence-corrected chi connectivity index (χ0v) is 10.7. The molecular formula is C14H20N2O. The molecule has 2 N–H and O–H groups in total. The number of rotatable bonds is 4. The molecule has 0 spiro atoms. The predicted molar refractivity (Wildman–Crippen MR) is 70.9 cm³/mol. The summed E-state index contributed by atoms with van der Waals surface area (Å²) in [5.74, 6) is 0. The van der Waals surface area contributed by atoms with Crippen molar-refractivity contribution in [1.82, 2.24) is 4.57 Å². The fourth-order valence-electron chi connectivity index (χ4n) is 2.32. The standard InChI is InChI=1S/C14H20N2O/c1-10(2)16-13(9-17-3)7-12-5-4-11(8-15)6-14(12)16/h4-7,10H,8-9,15H2,1-3H3. The number of hydrogen-bond donors (Lipinski definition) is 1. The van der Waals surface area contributed by atoms with Crippen molar-refractivity contribution in [3.05, 3.63) is 35.5 Å². The highest BCUT2D eigenvalue weighted by molar-refractivity contribution is 5.82. The van der Waals surface area contributed by atoms with Crippen molar-refractivity contribution >= 4 is 10.9 Å². The lowest BCUT2D eigenvalue weighted by Gasteiger charge is -2.14. The van der Waals surface area contributed by atoms with Gasteiger partial charge in [-0.25, -0.2) is 0 Å². The largest absolute Gasteiger partial charge is 0.378 e. The summed E-state index contributed by atoms with van der Waals surface area (Å²) in [7, 11) is 1.73. The Morgan fingerprint density at radius 2 is 2.06 bits per heavy atom. The number of hydrogen-bond acceptors (Lipinski definition) is 2. The van der Waals surface area contributed by atoms with Gasteiger partial charge in [0, 0.05) is 30.9 Å². The fraction of sp³-hybridized carbons (Fsp3) is 0.429. The van der Waals surface area contributed by atoms with Gasteiger partial charge in [0.1, 0.15) is 0 Å². The Hall–Kier alpha value is -1.32. The van der Waals surface area contributed by atoms with Crippen LogP contribution < -0.4 is 5.73 Å². The molecule has 2 aromatic rings. The average Bonchev–Trinajstić information content (AvgIpc) is 2.66. The maximum Gasteiger partial charge on any atom is 0.0864 e. The van der Waals surface area contributed by atoms with E-state index < -0.39 is 0 Å². The quantitative estimate of drug-likeness (QED) is 0.880. The second-order valence-electron chi connectivity index (χ2n) is 4.63. The molecule has 0 unspecified atom stereocenters. The van der Waals surface area contributed by atoms with Crippen molar-refractivity contribution in [2.45, 2.75) is 33.0 Å². The van der Waals surface area contributed by atoms with E-state index in [0.717, 1.165) is 0 Å². The molecule has 0 aliphatic rings. The van der Waals surface area contributed by atoms with Crippen molar-refractivity contribution in [2.75, 3.05) is 7.11 Å². The summed E-state index contributed by atoms with van der Waals surface area (Å²) >= 11 is 0. The molecule has 0 aliphatic heterocycles. The van der Waals surface area contributed by atoms with Crippen LogP contribution in [0.1, 0.15) is 31.1 Å². The Balaban J connectivity index is 2.63. The molecule has 0 aliphatic carbocycles. The van der Waals surface area contributed by atoms with Gasteiger partial charge in [0.15, 0.2) is 0 Å². The Morgan fingerprint density at radius 3 is 2.65 bits per heavy atom. The molecule has 0 bridgehead atoms. The molecule has 17 heavy (non-hydrogen) atoms. The third kappa shape index (κ3) is 2.21. The van der Waals surface area contributed by atoms with Crippen LogP contribution in [0.25, 0.3) is 10.9 Å². The van der Waals surface area contributed by atoms with Gasteiger partial charge in [-0.1, -0.05) is 12.1 Å². The minimum atomic E-state index is 0.422. The average molecular weight is 232 g/mol. The second kappa shape index (κ2) is 4.90. The van der Waals surface area contributed by atoms with E-state index in [4.69, 9.17) is 10.5 Å². The molecule has 1 aromatic carbocycles. The molecule has 1 heterocycles. The number of nitrogens with two attached hydrogens (primary N) is 1. The zero-order valence-electron chi connectivity index (χ0n) is 10.7. The minimum absolute atomic E-state index is 0.422. The van der Waals surface area contributed by atoms with Gasteiger partial charge in [0.2, 0.25) is 0 Å². The smallest absolute Gasteiger partial charge is 0.0864 e. The molecule has 0 amide bonds. The van der Waals surface area contributed by atoms with Crippen LogP contribution in [0, 0.1) is 0 Å². The molecule has 1 aromatic heterocycles. The minimum Gasteiger partial charge on any atom is -0.378 e. The van der Waals surface area contributed by atoms with Gasteiger partial charge in [-0.15, -0.1) is 0 Å². The van der Waals surface area contributed by atoms with Crippen LogP contribution in [-0.2, 0) is 17.9 Å². The second-order valence-corrected chi connectivity index (χ2v) is 4.63. The van der Waals surface area contributed by atoms with Crippen LogP contribution in [0.2, 0.25) is 0 Å². The van der Waals surface area contributed by atoms with Crippen LogP contribution in [0.5, 0.6) is 0 Å². The lowest BCUT2D eigenvalue weighted by Crippen LogP contribution is -2.06. The van der Waals surface area contributed by atoms with E-state index in [1.165, 1.54) is 22.2 Å². The highest BCUT2D eigenvalue weighted by atomic mass is 16.5. The molecule has 3 nitrogen and oxygen atoms in total. The van der Waals surface area contributed by atoms with Gasteiger partial charge in [-0.3, -0.25) is 0 Å². The lowest BCUT2D eigenvalue weighted by atomic mass is 10.1. The maximum absolute atomic E-state index is 5.70. The van der Waals surface area contributed by atoms with E-state index in [9.17, 15) is 0 Å². The monoisotopic (exact) mass is 232 g/mol. The first-order valence-corrected chi connectivity index (χ1v) is 5.99. The summed E-state index contributed by atoms with van der Waals surface area (Å²) < 4.78 is 7.58. The van der Waals surface area contributed by atoms with Gasteiger partial charge < -0.3 is 15.0 Å². The number of fused-ring (bicyclic) bond motifs is 1. The van der Waals surface area contributed by atoms with E-state index in [0.29, 0.717) is 19.2 Å². The van der Waals surface area contributed by atoms with E-state index in [1.807, 2.05) is 0 Å². The van der Waals surface area contributed by atoms with E-state index in [2.05, 4.69) is 42.7 Å². The lowest BCUT2D eigenvalue weighted by molar-refractivity contribution is 0.177. The summed E-state index contributed by atoms with van der Waals surface area (Å²) in [6.07, 6.45) is 0. The first-order valence-electron chi connectivity index (χ1n) is 5.99. The van der Waals surface area contributed by atoms with E-state index in [1.54, 1.807) is 7.11 Å². The summed E-state index contributed by atoms with van der Waals surface area (Å²) in [5.41, 5.74) is 9.33. The normalized spacial score (nSPS) is 11.6. The molecule has 0 radical (unpaired) electrons. The van der Waals surface area contributed by atoms with Gasteiger partial charge in [-0.2, -0.15) is 0 Å². The molecule has 3 heteroatoms. The zero-order chi connectivity index (χ0) is 12.4. The van der Waals surface area contributed by atoms with Crippen LogP contribution >= 0.6 is 0 Å². The summed E-state index contributed by atoms with van der Waals surface area (Å²) in [6, 6.07) is 9.01. The van der Waals surface area contributed by atoms with Crippen molar-refractivity contribution in [1.29, 1.82) is 0 Å². The number of methoxy groups -OCH3 is 1. The van der Waals surface area contributed by atoms with Crippen LogP contribution in [-0.4, -0.2) is 11.7 Å². The highest BCUT2D eigenvalue weighted by Crippen LogP contribution is 2.25. The first kappa shape index (κ1) is 12.1. The first-order chi connectivity index (χ1) is 8.17. The summed E-state index contributed by atoms with van der Waals surface area (Å²) in [6.45, 7) is 5.60. The van der Waals surface area contributed by atoms with Gasteiger partial charge >= 0.3 is 0 Å². The van der Waals surface area contributed by atoms with Crippen LogP contribution in [0.15, 0.2) is 24.3 Å². The SMILES string of the molecule is COCc1cc2ccc(CN)cc2n1C(C)C. The number of benzene rings is 1. The van der Waals surface area contributed by atoms with E-state index in [-0.39, 0.29) is 0 Å². The molecule has 92 valence electrons. The summed E-state index contributed by atoms with van der Waals surface area (Å²) in [5, 5.41) is 1.25. The highest BCUT2D eigenvalue weighted by Gasteiger charge is 2.11. The van der Waals surface area contributed by atoms with E-state index >= 15 is 0 Å². The van der Waals surface area contributed by atoms with Gasteiger partial charge in [0.25, 0.3) is 0 Å². The Kier molecular flexibility index (Phi) is 3.50. The number of ether oxygens (including phenoxy) is 1. The Labute approximate surface area is 102 Å². The Morgan fingerprint density at radius 1 is 1.29 bits per heavy atom. The third-order valence-corrected chi connectivity index (χ3v) is 3.03. The third-order valence-electron chi connectivity index (χ3n) is 3.03. The van der Waals surface area contributed by atoms with Crippen molar-refractivity contribution in [3.63, 3.8) is 0 Å². The summed E-state index contributed by atoms with van der Waals surface area (Å²) in [4.78, 5) is 0. The topological polar surface area (TPSA) is 40.2 Å². The maximum atomic E-state index is 5.70. The number of aromatic nitrogens is 1. The van der Waals surface area contributed by atoms with Gasteiger partial charge in [-0.05, 0) is 36.9 Å². The Bertz CT molecular complexity index is 514. The van der Waals surface area contributed by atoms with Crippen molar-refractivity contribution < 1.29 is 4.74 Å². The van der Waals surface area contributed by atoms with Gasteiger partial charge in [0.05, 0.1) is 6.61 Å².